The zero-order valence-electron chi connectivity index (χ0n) is 11.1. The number of nitrogens with zero attached hydrogens (tertiary/aromatic N) is 3. The van der Waals surface area contributed by atoms with Crippen molar-refractivity contribution in [1.82, 2.24) is 9.97 Å². The first kappa shape index (κ1) is 14.2. The average Bonchev–Trinajstić information content (AvgIpc) is 2.23. The van der Waals surface area contributed by atoms with E-state index in [1.165, 1.54) is 0 Å². The van der Waals surface area contributed by atoms with Crippen molar-refractivity contribution in [3.8, 4) is 0 Å². The second-order valence-corrected chi connectivity index (χ2v) is 5.42. The highest BCUT2D eigenvalue weighted by atomic mass is 35.5. The van der Waals surface area contributed by atoms with Crippen LogP contribution in [0, 0.1) is 0 Å². The highest BCUT2D eigenvalue weighted by Crippen LogP contribution is 2.23. The molecule has 1 aromatic rings. The molecule has 0 unspecified atom stereocenters. The third-order valence-corrected chi connectivity index (χ3v) is 2.57. The molecule has 5 heteroatoms. The van der Waals surface area contributed by atoms with Gasteiger partial charge in [-0.25, -0.2) is 9.97 Å². The lowest BCUT2D eigenvalue weighted by molar-refractivity contribution is 0.206. The Bertz CT molecular complexity index is 377. The van der Waals surface area contributed by atoms with Crippen LogP contribution in [-0.2, 0) is 10.2 Å². The number of aromatic nitrogens is 2. The Hall–Kier alpha value is -0.870. The normalized spacial score (nSPS) is 11.6. The molecule has 0 saturated heterocycles. The van der Waals surface area contributed by atoms with Gasteiger partial charge in [0.15, 0.2) is 0 Å². The monoisotopic (exact) mass is 257 g/mol. The Balaban J connectivity index is 2.97. The van der Waals surface area contributed by atoms with Gasteiger partial charge in [0.1, 0.15) is 16.8 Å². The van der Waals surface area contributed by atoms with Crippen molar-refractivity contribution in [2.45, 2.75) is 26.2 Å². The number of methoxy groups -OCH3 is 1. The Labute approximate surface area is 108 Å². The standard InChI is InChI=1S/C12H20ClN3O/c1-12(2,3)11-14-9(13)8-10(15-11)16(4)6-7-17-5/h8H,6-7H2,1-5H3. The van der Waals surface area contributed by atoms with Gasteiger partial charge in [-0.3, -0.25) is 0 Å². The maximum atomic E-state index is 6.03. The number of hydrogen-bond donors (Lipinski definition) is 0. The maximum Gasteiger partial charge on any atom is 0.137 e. The molecule has 0 saturated carbocycles. The van der Waals surface area contributed by atoms with E-state index in [-0.39, 0.29) is 5.41 Å². The van der Waals surface area contributed by atoms with E-state index in [4.69, 9.17) is 16.3 Å². The molecule has 1 aromatic heterocycles. The van der Waals surface area contributed by atoms with Crippen molar-refractivity contribution in [1.29, 1.82) is 0 Å². The summed E-state index contributed by atoms with van der Waals surface area (Å²) in [5, 5.41) is 0.476. The average molecular weight is 258 g/mol. The van der Waals surface area contributed by atoms with E-state index in [1.807, 2.05) is 11.9 Å². The van der Waals surface area contributed by atoms with Crippen LogP contribution in [0.3, 0.4) is 0 Å². The lowest BCUT2D eigenvalue weighted by Gasteiger charge is -2.22. The van der Waals surface area contributed by atoms with Gasteiger partial charge in [-0.2, -0.15) is 0 Å². The molecule has 0 radical (unpaired) electrons. The van der Waals surface area contributed by atoms with Gasteiger partial charge in [-0.05, 0) is 0 Å². The second kappa shape index (κ2) is 5.65. The Kier molecular flexibility index (Phi) is 4.71. The van der Waals surface area contributed by atoms with Gasteiger partial charge in [0.25, 0.3) is 0 Å². The summed E-state index contributed by atoms with van der Waals surface area (Å²) < 4.78 is 5.04. The minimum atomic E-state index is -0.109. The van der Waals surface area contributed by atoms with Crippen molar-refractivity contribution in [3.63, 3.8) is 0 Å². The SMILES string of the molecule is COCCN(C)c1cc(Cl)nc(C(C)(C)C)n1. The molecule has 17 heavy (non-hydrogen) atoms. The van der Waals surface area contributed by atoms with Crippen LogP contribution in [0.15, 0.2) is 6.07 Å². The molecule has 1 heterocycles. The summed E-state index contributed by atoms with van der Waals surface area (Å²) in [5.74, 6) is 1.58. The maximum absolute atomic E-state index is 6.03. The van der Waals surface area contributed by atoms with Crippen molar-refractivity contribution in [3.05, 3.63) is 17.0 Å². The van der Waals surface area contributed by atoms with E-state index in [1.54, 1.807) is 13.2 Å². The van der Waals surface area contributed by atoms with Gasteiger partial charge in [-0.15, -0.1) is 0 Å². The molecule has 0 spiro atoms. The zero-order chi connectivity index (χ0) is 13.1. The number of hydrogen-bond acceptors (Lipinski definition) is 4. The summed E-state index contributed by atoms with van der Waals surface area (Å²) in [4.78, 5) is 10.8. The predicted octanol–water partition coefficient (Wildman–Crippen LogP) is 2.51. The lowest BCUT2D eigenvalue weighted by Crippen LogP contribution is -2.25. The van der Waals surface area contributed by atoms with Crippen LogP contribution in [0.25, 0.3) is 0 Å². The number of halogens is 1. The minimum absolute atomic E-state index is 0.109. The third-order valence-electron chi connectivity index (χ3n) is 2.37. The van der Waals surface area contributed by atoms with Gasteiger partial charge < -0.3 is 9.64 Å². The fourth-order valence-corrected chi connectivity index (χ4v) is 1.46. The van der Waals surface area contributed by atoms with Crippen molar-refractivity contribution >= 4 is 17.4 Å². The molecule has 0 aliphatic rings. The van der Waals surface area contributed by atoms with Crippen LogP contribution in [0.4, 0.5) is 5.82 Å². The van der Waals surface area contributed by atoms with Crippen molar-refractivity contribution in [2.24, 2.45) is 0 Å². The number of ether oxygens (including phenoxy) is 1. The van der Waals surface area contributed by atoms with Gasteiger partial charge in [0, 0.05) is 32.2 Å². The Morgan fingerprint density at radius 2 is 2.00 bits per heavy atom. The number of rotatable bonds is 4. The van der Waals surface area contributed by atoms with Gasteiger partial charge >= 0.3 is 0 Å². The summed E-state index contributed by atoms with van der Waals surface area (Å²) in [5.41, 5.74) is -0.109. The fraction of sp³-hybridized carbons (Fsp3) is 0.667. The quantitative estimate of drug-likeness (QED) is 0.777. The van der Waals surface area contributed by atoms with Gasteiger partial charge in [0.05, 0.1) is 6.61 Å². The van der Waals surface area contributed by atoms with Crippen LogP contribution in [0.5, 0.6) is 0 Å². The van der Waals surface area contributed by atoms with Crippen molar-refractivity contribution < 1.29 is 4.74 Å². The predicted molar refractivity (Wildman–Crippen MR) is 70.9 cm³/mol. The number of likely N-dealkylation sites (N-methyl/N-ethyl adjacent to an activating group) is 1. The first-order valence-corrected chi connectivity index (χ1v) is 5.97. The van der Waals surface area contributed by atoms with Crippen molar-refractivity contribution in [2.75, 3.05) is 32.2 Å². The smallest absolute Gasteiger partial charge is 0.137 e. The zero-order valence-corrected chi connectivity index (χ0v) is 11.9. The summed E-state index contributed by atoms with van der Waals surface area (Å²) in [6.07, 6.45) is 0. The van der Waals surface area contributed by atoms with Crippen LogP contribution in [0.1, 0.15) is 26.6 Å². The van der Waals surface area contributed by atoms with E-state index in [2.05, 4.69) is 30.7 Å². The summed E-state index contributed by atoms with van der Waals surface area (Å²) in [6.45, 7) is 7.63. The molecule has 0 aromatic carbocycles. The molecule has 0 fully saturated rings. The van der Waals surface area contributed by atoms with Crippen LogP contribution in [-0.4, -0.2) is 37.3 Å². The first-order chi connectivity index (χ1) is 7.84. The topological polar surface area (TPSA) is 38.2 Å². The minimum Gasteiger partial charge on any atom is -0.383 e. The van der Waals surface area contributed by atoms with Crippen LogP contribution >= 0.6 is 11.6 Å². The largest absolute Gasteiger partial charge is 0.383 e. The Morgan fingerprint density at radius 3 is 2.53 bits per heavy atom. The third kappa shape index (κ3) is 4.13. The van der Waals surface area contributed by atoms with E-state index in [0.717, 1.165) is 18.2 Å². The Morgan fingerprint density at radius 1 is 1.35 bits per heavy atom. The second-order valence-electron chi connectivity index (χ2n) is 5.04. The molecular weight excluding hydrogens is 238 g/mol. The molecule has 0 aliphatic heterocycles. The molecule has 0 N–H and O–H groups in total. The number of anilines is 1. The molecule has 96 valence electrons. The van der Waals surface area contributed by atoms with Crippen LogP contribution in [0.2, 0.25) is 5.15 Å². The lowest BCUT2D eigenvalue weighted by atomic mass is 9.96. The van der Waals surface area contributed by atoms with E-state index in [9.17, 15) is 0 Å². The summed E-state index contributed by atoms with van der Waals surface area (Å²) in [7, 11) is 3.64. The first-order valence-electron chi connectivity index (χ1n) is 5.59. The van der Waals surface area contributed by atoms with Crippen LogP contribution < -0.4 is 4.90 Å². The molecule has 1 rings (SSSR count). The molecular formula is C12H20ClN3O. The highest BCUT2D eigenvalue weighted by molar-refractivity contribution is 6.29. The molecule has 0 aliphatic carbocycles. The molecule has 4 nitrogen and oxygen atoms in total. The van der Waals surface area contributed by atoms with Gasteiger partial charge in [0.2, 0.25) is 0 Å². The summed E-state index contributed by atoms with van der Waals surface area (Å²) in [6, 6.07) is 1.77. The highest BCUT2D eigenvalue weighted by Gasteiger charge is 2.19. The molecule has 0 bridgehead atoms. The van der Waals surface area contributed by atoms with Gasteiger partial charge in [-0.1, -0.05) is 32.4 Å². The van der Waals surface area contributed by atoms with E-state index >= 15 is 0 Å². The molecule has 0 atom stereocenters. The fourth-order valence-electron chi connectivity index (χ4n) is 1.28. The van der Waals surface area contributed by atoms with E-state index in [0.29, 0.717) is 11.8 Å². The summed E-state index contributed by atoms with van der Waals surface area (Å²) >= 11 is 6.03. The molecule has 0 amide bonds. The van der Waals surface area contributed by atoms with E-state index < -0.39 is 0 Å².